The molecule has 8 heteroatoms. The number of ether oxygens (including phenoxy) is 2. The molecule has 8 nitrogen and oxygen atoms in total. The molecule has 2 aliphatic rings. The zero-order chi connectivity index (χ0) is 20.1. The quantitative estimate of drug-likeness (QED) is 0.571. The van der Waals surface area contributed by atoms with Gasteiger partial charge in [-0.3, -0.25) is 14.4 Å². The van der Waals surface area contributed by atoms with Crippen LogP contribution in [-0.2, 0) is 30.5 Å². The number of benzene rings is 1. The second-order valence-electron chi connectivity index (χ2n) is 6.96. The van der Waals surface area contributed by atoms with Crippen molar-refractivity contribution in [3.8, 4) is 0 Å². The molecule has 2 fully saturated rings. The van der Waals surface area contributed by atoms with Crippen molar-refractivity contribution in [1.82, 2.24) is 9.80 Å². The minimum Gasteiger partial charge on any atom is -0.468 e. The predicted molar refractivity (Wildman–Crippen MR) is 98.1 cm³/mol. The Morgan fingerprint density at radius 3 is 2.39 bits per heavy atom. The summed E-state index contributed by atoms with van der Waals surface area (Å²) in [5.74, 6) is -3.04. The van der Waals surface area contributed by atoms with Gasteiger partial charge in [-0.1, -0.05) is 30.3 Å². The summed E-state index contributed by atoms with van der Waals surface area (Å²) in [6, 6.07) is 9.34. The number of likely N-dealkylation sites (tertiary alicyclic amines) is 2. The third-order valence-electron chi connectivity index (χ3n) is 5.26. The van der Waals surface area contributed by atoms with Gasteiger partial charge in [0.1, 0.15) is 6.61 Å². The zero-order valence-electron chi connectivity index (χ0n) is 15.8. The maximum absolute atomic E-state index is 12.6. The van der Waals surface area contributed by atoms with Crippen LogP contribution < -0.4 is 0 Å². The molecule has 1 aromatic rings. The van der Waals surface area contributed by atoms with Crippen molar-refractivity contribution < 1.29 is 28.7 Å². The Kier molecular flexibility index (Phi) is 6.28. The van der Waals surface area contributed by atoms with Gasteiger partial charge >= 0.3 is 12.1 Å². The van der Waals surface area contributed by atoms with Gasteiger partial charge in [0.2, 0.25) is 5.91 Å². The molecule has 2 amide bonds. The number of rotatable bonds is 4. The van der Waals surface area contributed by atoms with Crippen molar-refractivity contribution in [2.45, 2.75) is 31.9 Å². The maximum atomic E-state index is 12.6. The molecule has 3 rings (SSSR count). The van der Waals surface area contributed by atoms with Crippen LogP contribution in [0.3, 0.4) is 0 Å². The Balaban J connectivity index is 1.52. The average Bonchev–Trinajstić information content (AvgIpc) is 2.73. The van der Waals surface area contributed by atoms with Crippen molar-refractivity contribution in [3.63, 3.8) is 0 Å². The molecule has 0 aliphatic carbocycles. The summed E-state index contributed by atoms with van der Waals surface area (Å²) in [6.07, 6.45) is 0.919. The lowest BCUT2D eigenvalue weighted by Gasteiger charge is -2.40. The lowest BCUT2D eigenvalue weighted by Crippen LogP contribution is -2.56. The third kappa shape index (κ3) is 4.32. The minimum absolute atomic E-state index is 0.106. The molecule has 2 saturated heterocycles. The topological polar surface area (TPSA) is 93.2 Å². The molecular weight excluding hydrogens is 364 g/mol. The second kappa shape index (κ2) is 8.86. The second-order valence-corrected chi connectivity index (χ2v) is 6.96. The van der Waals surface area contributed by atoms with Gasteiger partial charge in [0.05, 0.1) is 7.11 Å². The van der Waals surface area contributed by atoms with Gasteiger partial charge in [0.25, 0.3) is 0 Å². The van der Waals surface area contributed by atoms with Crippen LogP contribution >= 0.6 is 0 Å². The fourth-order valence-electron chi connectivity index (χ4n) is 3.67. The van der Waals surface area contributed by atoms with Gasteiger partial charge in [0.15, 0.2) is 11.7 Å². The molecule has 1 unspecified atom stereocenters. The van der Waals surface area contributed by atoms with E-state index < -0.39 is 23.6 Å². The van der Waals surface area contributed by atoms with E-state index in [1.807, 2.05) is 30.3 Å². The molecule has 1 aromatic carbocycles. The summed E-state index contributed by atoms with van der Waals surface area (Å²) in [7, 11) is 1.17. The standard InChI is InChI=1S/C20H24N2O6/c1-27-19(25)17-16(23)9-12-22(18(17)24)15-7-10-21(11-8-15)20(26)28-13-14-5-3-2-4-6-14/h2-6,15,17H,7-13H2,1H3. The van der Waals surface area contributed by atoms with Crippen LogP contribution in [0.2, 0.25) is 0 Å². The first-order valence-electron chi connectivity index (χ1n) is 9.38. The summed E-state index contributed by atoms with van der Waals surface area (Å²) >= 11 is 0. The summed E-state index contributed by atoms with van der Waals surface area (Å²) in [4.78, 5) is 51.8. The molecule has 0 N–H and O–H groups in total. The number of esters is 1. The van der Waals surface area contributed by atoms with Gasteiger partial charge in [0, 0.05) is 32.1 Å². The molecule has 150 valence electrons. The monoisotopic (exact) mass is 388 g/mol. The Labute approximate surface area is 163 Å². The number of carbonyl (C=O) groups excluding carboxylic acids is 4. The third-order valence-corrected chi connectivity index (χ3v) is 5.26. The molecule has 0 radical (unpaired) electrons. The zero-order valence-corrected chi connectivity index (χ0v) is 15.8. The first-order valence-corrected chi connectivity index (χ1v) is 9.38. The van der Waals surface area contributed by atoms with Gasteiger partial charge < -0.3 is 19.3 Å². The van der Waals surface area contributed by atoms with Crippen LogP contribution in [0.15, 0.2) is 30.3 Å². The fraction of sp³-hybridized carbons (Fsp3) is 0.500. The number of carbonyl (C=O) groups is 4. The molecule has 2 heterocycles. The Hall–Kier alpha value is -2.90. The van der Waals surface area contributed by atoms with Crippen molar-refractivity contribution in [2.75, 3.05) is 26.7 Å². The SMILES string of the molecule is COC(=O)C1C(=O)CCN(C2CCN(C(=O)OCc3ccccc3)CC2)C1=O. The van der Waals surface area contributed by atoms with E-state index in [2.05, 4.69) is 4.74 Å². The summed E-state index contributed by atoms with van der Waals surface area (Å²) in [5, 5.41) is 0. The van der Waals surface area contributed by atoms with Crippen LogP contribution in [0.4, 0.5) is 4.79 Å². The van der Waals surface area contributed by atoms with E-state index in [1.54, 1.807) is 9.80 Å². The van der Waals surface area contributed by atoms with E-state index in [1.165, 1.54) is 7.11 Å². The summed E-state index contributed by atoms with van der Waals surface area (Å²) in [5.41, 5.74) is 0.920. The highest BCUT2D eigenvalue weighted by Gasteiger charge is 2.44. The average molecular weight is 388 g/mol. The number of nitrogens with zero attached hydrogens (tertiary/aromatic N) is 2. The van der Waals surface area contributed by atoms with E-state index in [0.29, 0.717) is 32.5 Å². The smallest absolute Gasteiger partial charge is 0.410 e. The molecule has 0 bridgehead atoms. The van der Waals surface area contributed by atoms with Crippen molar-refractivity contribution in [2.24, 2.45) is 5.92 Å². The van der Waals surface area contributed by atoms with E-state index in [0.717, 1.165) is 5.56 Å². The van der Waals surface area contributed by atoms with Crippen LogP contribution in [0.25, 0.3) is 0 Å². The van der Waals surface area contributed by atoms with E-state index in [9.17, 15) is 19.2 Å². The van der Waals surface area contributed by atoms with Crippen LogP contribution in [-0.4, -0.2) is 66.3 Å². The number of ketones is 1. The molecular formula is C20H24N2O6. The largest absolute Gasteiger partial charge is 0.468 e. The van der Waals surface area contributed by atoms with Crippen molar-refractivity contribution >= 4 is 23.8 Å². The van der Waals surface area contributed by atoms with Gasteiger partial charge in [-0.15, -0.1) is 0 Å². The maximum Gasteiger partial charge on any atom is 0.410 e. The Morgan fingerprint density at radius 2 is 1.75 bits per heavy atom. The summed E-state index contributed by atoms with van der Waals surface area (Å²) < 4.78 is 9.95. The van der Waals surface area contributed by atoms with E-state index in [4.69, 9.17) is 4.74 Å². The van der Waals surface area contributed by atoms with Crippen LogP contribution in [0.5, 0.6) is 0 Å². The number of methoxy groups -OCH3 is 1. The number of hydrogen-bond donors (Lipinski definition) is 0. The molecule has 28 heavy (non-hydrogen) atoms. The van der Waals surface area contributed by atoms with Gasteiger partial charge in [-0.25, -0.2) is 4.79 Å². The highest BCUT2D eigenvalue weighted by Crippen LogP contribution is 2.24. The summed E-state index contributed by atoms with van der Waals surface area (Å²) in [6.45, 7) is 1.43. The molecule has 0 spiro atoms. The van der Waals surface area contributed by atoms with E-state index >= 15 is 0 Å². The Bertz CT molecular complexity index is 734. The van der Waals surface area contributed by atoms with Crippen LogP contribution in [0, 0.1) is 5.92 Å². The normalized spacial score (nSPS) is 20.8. The lowest BCUT2D eigenvalue weighted by atomic mass is 9.92. The highest BCUT2D eigenvalue weighted by molar-refractivity contribution is 6.17. The first-order chi connectivity index (χ1) is 13.5. The molecule has 1 atom stereocenters. The number of piperidine rings is 2. The number of Topliss-reactive ketones (excluding diaryl/α,β-unsaturated/α-hetero) is 1. The van der Waals surface area contributed by atoms with Crippen molar-refractivity contribution in [3.05, 3.63) is 35.9 Å². The minimum atomic E-state index is -1.35. The number of hydrogen-bond acceptors (Lipinski definition) is 6. The molecule has 2 aliphatic heterocycles. The van der Waals surface area contributed by atoms with Crippen molar-refractivity contribution in [1.29, 1.82) is 0 Å². The number of amides is 2. The molecule has 0 aromatic heterocycles. The van der Waals surface area contributed by atoms with Gasteiger partial charge in [-0.05, 0) is 18.4 Å². The first kappa shape index (κ1) is 19.9. The van der Waals surface area contributed by atoms with Gasteiger partial charge in [-0.2, -0.15) is 0 Å². The fourth-order valence-corrected chi connectivity index (χ4v) is 3.67. The Morgan fingerprint density at radius 1 is 1.07 bits per heavy atom. The van der Waals surface area contributed by atoms with Crippen LogP contribution in [0.1, 0.15) is 24.8 Å². The highest BCUT2D eigenvalue weighted by atomic mass is 16.6. The van der Waals surface area contributed by atoms with E-state index in [-0.39, 0.29) is 25.2 Å². The lowest BCUT2D eigenvalue weighted by molar-refractivity contribution is -0.161. The predicted octanol–water partition coefficient (Wildman–Crippen LogP) is 1.38. The molecule has 0 saturated carbocycles.